The number of aromatic hydroxyl groups is 1. The van der Waals surface area contributed by atoms with E-state index in [0.29, 0.717) is 10.9 Å². The topological polar surface area (TPSA) is 76.0 Å². The van der Waals surface area contributed by atoms with Gasteiger partial charge in [-0.1, -0.05) is 54.6 Å². The summed E-state index contributed by atoms with van der Waals surface area (Å²) in [4.78, 5) is 12.6. The van der Waals surface area contributed by atoms with Gasteiger partial charge in [-0.05, 0) is 17.0 Å². The summed E-state index contributed by atoms with van der Waals surface area (Å²) in [7, 11) is 0. The lowest BCUT2D eigenvalue weighted by molar-refractivity contribution is 0.0259. The molecule has 134 valence electrons. The number of esters is 1. The number of aliphatic hydroxyl groups excluding tert-OH is 1. The average molecular weight is 352 g/mol. The van der Waals surface area contributed by atoms with E-state index in [9.17, 15) is 9.90 Å². The molecule has 26 heavy (non-hydrogen) atoms. The third-order valence-corrected chi connectivity index (χ3v) is 4.00. The summed E-state index contributed by atoms with van der Waals surface area (Å²) >= 11 is 0. The van der Waals surface area contributed by atoms with Crippen molar-refractivity contribution in [1.82, 2.24) is 0 Å². The van der Waals surface area contributed by atoms with E-state index in [1.165, 1.54) is 6.07 Å². The van der Waals surface area contributed by atoms with E-state index in [2.05, 4.69) is 0 Å². The van der Waals surface area contributed by atoms with E-state index in [-0.39, 0.29) is 32.2 Å². The Labute approximate surface area is 151 Å². The van der Waals surface area contributed by atoms with Crippen LogP contribution in [0.25, 0.3) is 21.9 Å². The molecular formula is C21H20O5. The molecular weight excluding hydrogens is 332 g/mol. The van der Waals surface area contributed by atoms with Crippen LogP contribution in [0.15, 0.2) is 60.7 Å². The van der Waals surface area contributed by atoms with Crippen LogP contribution in [0, 0.1) is 0 Å². The lowest BCUT2D eigenvalue weighted by atomic mass is 9.92. The van der Waals surface area contributed by atoms with Crippen molar-refractivity contribution in [3.8, 4) is 16.9 Å². The molecule has 0 atom stereocenters. The molecule has 0 bridgehead atoms. The third kappa shape index (κ3) is 3.85. The Morgan fingerprint density at radius 1 is 0.885 bits per heavy atom. The Kier molecular flexibility index (Phi) is 5.84. The van der Waals surface area contributed by atoms with Gasteiger partial charge in [0.2, 0.25) is 0 Å². The van der Waals surface area contributed by atoms with Gasteiger partial charge in [0.15, 0.2) is 0 Å². The third-order valence-electron chi connectivity index (χ3n) is 4.00. The molecule has 0 unspecified atom stereocenters. The first-order valence-corrected chi connectivity index (χ1v) is 8.38. The highest BCUT2D eigenvalue weighted by molar-refractivity contribution is 6.10. The Morgan fingerprint density at radius 2 is 1.58 bits per heavy atom. The van der Waals surface area contributed by atoms with Crippen molar-refractivity contribution in [2.45, 2.75) is 0 Å². The van der Waals surface area contributed by atoms with Crippen molar-refractivity contribution in [2.24, 2.45) is 0 Å². The summed E-state index contributed by atoms with van der Waals surface area (Å²) < 4.78 is 10.4. The second-order valence-corrected chi connectivity index (χ2v) is 5.70. The standard InChI is InChI=1S/C21H20O5/c22-10-11-25-12-13-26-21(24)18-14-19(23)16-8-4-5-9-17(16)20(18)15-6-2-1-3-7-15/h1-9,14,22-23H,10-13H2. The van der Waals surface area contributed by atoms with Gasteiger partial charge in [0.05, 0.1) is 25.4 Å². The minimum absolute atomic E-state index is 0.0313. The predicted molar refractivity (Wildman–Crippen MR) is 99.2 cm³/mol. The Hall–Kier alpha value is -2.89. The van der Waals surface area contributed by atoms with Crippen molar-refractivity contribution in [1.29, 1.82) is 0 Å². The van der Waals surface area contributed by atoms with Crippen LogP contribution < -0.4 is 0 Å². The molecule has 0 aliphatic heterocycles. The maximum atomic E-state index is 12.6. The second-order valence-electron chi connectivity index (χ2n) is 5.70. The van der Waals surface area contributed by atoms with Crippen LogP contribution in [-0.2, 0) is 9.47 Å². The molecule has 3 aromatic carbocycles. The minimum atomic E-state index is -0.530. The van der Waals surface area contributed by atoms with E-state index in [4.69, 9.17) is 14.6 Å². The number of hydrogen-bond acceptors (Lipinski definition) is 5. The minimum Gasteiger partial charge on any atom is -0.507 e. The zero-order valence-corrected chi connectivity index (χ0v) is 14.2. The molecule has 0 saturated carbocycles. The monoisotopic (exact) mass is 352 g/mol. The summed E-state index contributed by atoms with van der Waals surface area (Å²) in [6, 6.07) is 18.4. The fourth-order valence-electron chi connectivity index (χ4n) is 2.87. The highest BCUT2D eigenvalue weighted by Crippen LogP contribution is 2.37. The fourth-order valence-corrected chi connectivity index (χ4v) is 2.87. The van der Waals surface area contributed by atoms with E-state index in [0.717, 1.165) is 16.5 Å². The van der Waals surface area contributed by atoms with Gasteiger partial charge in [0.25, 0.3) is 0 Å². The zero-order valence-electron chi connectivity index (χ0n) is 14.2. The van der Waals surface area contributed by atoms with Crippen LogP contribution in [0.4, 0.5) is 0 Å². The van der Waals surface area contributed by atoms with Gasteiger partial charge < -0.3 is 19.7 Å². The second kappa shape index (κ2) is 8.47. The number of ether oxygens (including phenoxy) is 2. The highest BCUT2D eigenvalue weighted by Gasteiger charge is 2.19. The van der Waals surface area contributed by atoms with Crippen molar-refractivity contribution >= 4 is 16.7 Å². The van der Waals surface area contributed by atoms with E-state index in [1.54, 1.807) is 0 Å². The number of carbonyl (C=O) groups is 1. The van der Waals surface area contributed by atoms with Gasteiger partial charge in [-0.15, -0.1) is 0 Å². The molecule has 0 fully saturated rings. The number of hydrogen-bond donors (Lipinski definition) is 2. The largest absolute Gasteiger partial charge is 0.507 e. The Morgan fingerprint density at radius 3 is 2.31 bits per heavy atom. The number of phenolic OH excluding ortho intramolecular Hbond substituents is 1. The molecule has 0 amide bonds. The molecule has 0 radical (unpaired) electrons. The zero-order chi connectivity index (χ0) is 18.4. The first kappa shape index (κ1) is 17.9. The number of aliphatic hydroxyl groups is 1. The summed E-state index contributed by atoms with van der Waals surface area (Å²) in [5.74, 6) is -0.499. The Bertz CT molecular complexity index is 890. The van der Waals surface area contributed by atoms with Gasteiger partial charge in [0.1, 0.15) is 12.4 Å². The molecule has 2 N–H and O–H groups in total. The molecule has 0 heterocycles. The van der Waals surface area contributed by atoms with Gasteiger partial charge in [-0.3, -0.25) is 0 Å². The molecule has 0 aliphatic carbocycles. The van der Waals surface area contributed by atoms with E-state index >= 15 is 0 Å². The fraction of sp³-hybridized carbons (Fsp3) is 0.190. The normalized spacial score (nSPS) is 10.8. The van der Waals surface area contributed by atoms with Crippen LogP contribution in [-0.4, -0.2) is 42.6 Å². The Balaban J connectivity index is 2.00. The summed E-state index contributed by atoms with van der Waals surface area (Å²) in [6.45, 7) is 0.390. The van der Waals surface area contributed by atoms with Crippen molar-refractivity contribution in [3.05, 3.63) is 66.2 Å². The van der Waals surface area contributed by atoms with Crippen LogP contribution in [0.1, 0.15) is 10.4 Å². The van der Waals surface area contributed by atoms with Crippen LogP contribution in [0.3, 0.4) is 0 Å². The number of phenols is 1. The SMILES string of the molecule is O=C(OCCOCCO)c1cc(O)c2ccccc2c1-c1ccccc1. The maximum absolute atomic E-state index is 12.6. The van der Waals surface area contributed by atoms with Crippen molar-refractivity contribution in [2.75, 3.05) is 26.4 Å². The van der Waals surface area contributed by atoms with Crippen LogP contribution >= 0.6 is 0 Å². The number of fused-ring (bicyclic) bond motifs is 1. The molecule has 3 rings (SSSR count). The number of benzene rings is 3. The number of carbonyl (C=O) groups excluding carboxylic acids is 1. The first-order chi connectivity index (χ1) is 12.7. The van der Waals surface area contributed by atoms with Gasteiger partial charge >= 0.3 is 5.97 Å². The quantitative estimate of drug-likeness (QED) is 0.504. The molecule has 5 heteroatoms. The lowest BCUT2D eigenvalue weighted by Crippen LogP contribution is -2.13. The smallest absolute Gasteiger partial charge is 0.339 e. The lowest BCUT2D eigenvalue weighted by Gasteiger charge is -2.14. The van der Waals surface area contributed by atoms with E-state index in [1.807, 2.05) is 54.6 Å². The first-order valence-electron chi connectivity index (χ1n) is 8.38. The van der Waals surface area contributed by atoms with E-state index < -0.39 is 5.97 Å². The molecule has 0 saturated heterocycles. The van der Waals surface area contributed by atoms with Gasteiger partial charge in [-0.2, -0.15) is 0 Å². The average Bonchev–Trinajstić information content (AvgIpc) is 2.68. The molecule has 5 nitrogen and oxygen atoms in total. The summed E-state index contributed by atoms with van der Waals surface area (Å²) in [5, 5.41) is 20.5. The van der Waals surface area contributed by atoms with Crippen molar-refractivity contribution < 1.29 is 24.5 Å². The molecule has 0 aliphatic rings. The number of rotatable bonds is 7. The van der Waals surface area contributed by atoms with Gasteiger partial charge in [0, 0.05) is 10.9 Å². The predicted octanol–water partition coefficient (Wildman–Crippen LogP) is 3.38. The van der Waals surface area contributed by atoms with Crippen LogP contribution in [0.2, 0.25) is 0 Å². The molecule has 0 spiro atoms. The molecule has 3 aromatic rings. The van der Waals surface area contributed by atoms with Gasteiger partial charge in [-0.25, -0.2) is 4.79 Å². The maximum Gasteiger partial charge on any atom is 0.339 e. The summed E-state index contributed by atoms with van der Waals surface area (Å²) in [5.41, 5.74) is 1.89. The highest BCUT2D eigenvalue weighted by atomic mass is 16.6. The molecule has 0 aromatic heterocycles. The van der Waals surface area contributed by atoms with Crippen molar-refractivity contribution in [3.63, 3.8) is 0 Å². The van der Waals surface area contributed by atoms with Crippen LogP contribution in [0.5, 0.6) is 5.75 Å². The summed E-state index contributed by atoms with van der Waals surface area (Å²) in [6.07, 6.45) is 0.